The Bertz CT molecular complexity index is 374. The van der Waals surface area contributed by atoms with Crippen molar-refractivity contribution in [3.8, 4) is 12.3 Å². The van der Waals surface area contributed by atoms with Crippen LogP contribution in [-0.2, 0) is 5.54 Å². The summed E-state index contributed by atoms with van der Waals surface area (Å²) in [7, 11) is 0. The molecule has 0 aliphatic heterocycles. The van der Waals surface area contributed by atoms with Crippen molar-refractivity contribution in [3.05, 3.63) is 34.9 Å². The molecule has 0 amide bonds. The van der Waals surface area contributed by atoms with Crippen LogP contribution in [0.5, 0.6) is 0 Å². The van der Waals surface area contributed by atoms with Gasteiger partial charge in [-0.25, -0.2) is 0 Å². The maximum absolute atomic E-state index is 5.94. The monoisotopic (exact) mass is 205 g/mol. The molecule has 2 rings (SSSR count). The molecule has 0 saturated heterocycles. The number of terminal acetylenes is 1. The number of hydrogen-bond donors (Lipinski definition) is 1. The molecular weight excluding hydrogens is 194 g/mol. The second kappa shape index (κ2) is 3.65. The van der Waals surface area contributed by atoms with E-state index in [-0.39, 0.29) is 5.54 Å². The third kappa shape index (κ3) is 1.77. The third-order valence-electron chi connectivity index (χ3n) is 2.66. The van der Waals surface area contributed by atoms with E-state index in [4.69, 9.17) is 18.0 Å². The highest BCUT2D eigenvalue weighted by Gasteiger charge is 2.43. The zero-order valence-electron chi connectivity index (χ0n) is 7.89. The molecule has 0 atom stereocenters. The molecule has 1 aromatic rings. The van der Waals surface area contributed by atoms with Gasteiger partial charge in [-0.15, -0.1) is 6.42 Å². The van der Waals surface area contributed by atoms with Gasteiger partial charge in [0.1, 0.15) is 0 Å². The van der Waals surface area contributed by atoms with E-state index < -0.39 is 0 Å². The second-order valence-corrected chi connectivity index (χ2v) is 4.09. The van der Waals surface area contributed by atoms with E-state index in [1.54, 1.807) is 0 Å². The van der Waals surface area contributed by atoms with Gasteiger partial charge < -0.3 is 0 Å². The molecule has 1 aromatic carbocycles. The molecule has 0 unspecified atom stereocenters. The van der Waals surface area contributed by atoms with Crippen LogP contribution >= 0.6 is 11.6 Å². The highest BCUT2D eigenvalue weighted by atomic mass is 35.5. The van der Waals surface area contributed by atoms with Crippen LogP contribution in [0.25, 0.3) is 0 Å². The summed E-state index contributed by atoms with van der Waals surface area (Å²) in [5, 5.41) is 4.16. The molecular formula is C12H12ClN. The summed E-state index contributed by atoms with van der Waals surface area (Å²) < 4.78 is 0. The third-order valence-corrected chi connectivity index (χ3v) is 2.89. The summed E-state index contributed by atoms with van der Waals surface area (Å²) in [5.41, 5.74) is 1.36. The summed E-state index contributed by atoms with van der Waals surface area (Å²) in [6.07, 6.45) is 7.53. The number of halogens is 1. The first-order valence-electron chi connectivity index (χ1n) is 4.71. The minimum absolute atomic E-state index is 0.108. The van der Waals surface area contributed by atoms with Gasteiger partial charge in [-0.3, -0.25) is 5.32 Å². The second-order valence-electron chi connectivity index (χ2n) is 3.65. The normalized spacial score (nSPS) is 17.4. The van der Waals surface area contributed by atoms with Crippen LogP contribution in [0.1, 0.15) is 18.4 Å². The van der Waals surface area contributed by atoms with Crippen LogP contribution in [-0.4, -0.2) is 6.54 Å². The Balaban J connectivity index is 2.18. The fourth-order valence-corrected chi connectivity index (χ4v) is 1.89. The van der Waals surface area contributed by atoms with E-state index >= 15 is 0 Å². The van der Waals surface area contributed by atoms with Gasteiger partial charge in [0.25, 0.3) is 0 Å². The Labute approximate surface area is 89.5 Å². The molecule has 0 heterocycles. The topological polar surface area (TPSA) is 12.0 Å². The van der Waals surface area contributed by atoms with E-state index in [1.807, 2.05) is 18.2 Å². The van der Waals surface area contributed by atoms with Crippen molar-refractivity contribution >= 4 is 11.6 Å². The average molecular weight is 206 g/mol. The van der Waals surface area contributed by atoms with Gasteiger partial charge >= 0.3 is 0 Å². The van der Waals surface area contributed by atoms with Crippen molar-refractivity contribution in [3.63, 3.8) is 0 Å². The van der Waals surface area contributed by atoms with Crippen molar-refractivity contribution in [1.82, 2.24) is 5.32 Å². The van der Waals surface area contributed by atoms with E-state index in [1.165, 1.54) is 5.56 Å². The van der Waals surface area contributed by atoms with E-state index in [0.717, 1.165) is 17.9 Å². The van der Waals surface area contributed by atoms with Gasteiger partial charge in [0.05, 0.1) is 6.54 Å². The first-order valence-corrected chi connectivity index (χ1v) is 5.09. The summed E-state index contributed by atoms with van der Waals surface area (Å²) >= 11 is 5.94. The quantitative estimate of drug-likeness (QED) is 0.748. The summed E-state index contributed by atoms with van der Waals surface area (Å²) in [6, 6.07) is 7.98. The fourth-order valence-electron chi connectivity index (χ4n) is 1.70. The number of nitrogens with one attached hydrogen (secondary N) is 1. The Hall–Kier alpha value is -0.970. The molecule has 0 aromatic heterocycles. The van der Waals surface area contributed by atoms with Crippen LogP contribution < -0.4 is 5.32 Å². The first kappa shape index (κ1) is 9.58. The van der Waals surface area contributed by atoms with E-state index in [9.17, 15) is 0 Å². The Kier molecular flexibility index (Phi) is 2.50. The lowest BCUT2D eigenvalue weighted by Gasteiger charge is -2.16. The molecule has 1 aliphatic carbocycles. The minimum Gasteiger partial charge on any atom is -0.297 e. The molecule has 0 radical (unpaired) electrons. The molecule has 1 N–H and O–H groups in total. The minimum atomic E-state index is 0.108. The van der Waals surface area contributed by atoms with Gasteiger partial charge in [0.2, 0.25) is 0 Å². The van der Waals surface area contributed by atoms with Gasteiger partial charge in [-0.1, -0.05) is 29.7 Å². The number of benzene rings is 1. The van der Waals surface area contributed by atoms with E-state index in [0.29, 0.717) is 6.54 Å². The van der Waals surface area contributed by atoms with Crippen LogP contribution in [0.2, 0.25) is 5.02 Å². The predicted octanol–water partition coefficient (Wildman–Crippen LogP) is 2.55. The Morgan fingerprint density at radius 2 is 2.29 bits per heavy atom. The lowest BCUT2D eigenvalue weighted by Crippen LogP contribution is -2.29. The van der Waals surface area contributed by atoms with Crippen LogP contribution in [0, 0.1) is 12.3 Å². The predicted molar refractivity (Wildman–Crippen MR) is 59.2 cm³/mol. The summed E-state index contributed by atoms with van der Waals surface area (Å²) in [5.74, 6) is 2.60. The SMILES string of the molecule is C#CCNC1(c2cccc(Cl)c2)CC1. The Morgan fingerprint density at radius 1 is 1.50 bits per heavy atom. The van der Waals surface area contributed by atoms with Gasteiger partial charge in [0.15, 0.2) is 0 Å². The highest BCUT2D eigenvalue weighted by molar-refractivity contribution is 6.30. The highest BCUT2D eigenvalue weighted by Crippen LogP contribution is 2.45. The van der Waals surface area contributed by atoms with Crippen molar-refractivity contribution in [2.24, 2.45) is 0 Å². The smallest absolute Gasteiger partial charge is 0.0580 e. The molecule has 2 heteroatoms. The maximum atomic E-state index is 5.94. The molecule has 1 saturated carbocycles. The van der Waals surface area contributed by atoms with Gasteiger partial charge in [0, 0.05) is 10.6 Å². The van der Waals surface area contributed by atoms with Crippen LogP contribution in [0.4, 0.5) is 0 Å². The fraction of sp³-hybridized carbons (Fsp3) is 0.333. The van der Waals surface area contributed by atoms with Gasteiger partial charge in [-0.2, -0.15) is 0 Å². The van der Waals surface area contributed by atoms with Crippen molar-refractivity contribution in [1.29, 1.82) is 0 Å². The van der Waals surface area contributed by atoms with Gasteiger partial charge in [-0.05, 0) is 30.5 Å². The molecule has 72 valence electrons. The van der Waals surface area contributed by atoms with Crippen LogP contribution in [0.3, 0.4) is 0 Å². The zero-order valence-corrected chi connectivity index (χ0v) is 8.64. The molecule has 1 aliphatic rings. The van der Waals surface area contributed by atoms with E-state index in [2.05, 4.69) is 17.3 Å². The molecule has 1 fully saturated rings. The zero-order chi connectivity index (χ0) is 10.0. The molecule has 0 bridgehead atoms. The average Bonchev–Trinajstić information content (AvgIpc) is 2.96. The van der Waals surface area contributed by atoms with Crippen molar-refractivity contribution < 1.29 is 0 Å². The molecule has 1 nitrogen and oxygen atoms in total. The Morgan fingerprint density at radius 3 is 2.86 bits per heavy atom. The summed E-state index contributed by atoms with van der Waals surface area (Å²) in [6.45, 7) is 0.618. The molecule has 0 spiro atoms. The van der Waals surface area contributed by atoms with Crippen molar-refractivity contribution in [2.75, 3.05) is 6.54 Å². The summed E-state index contributed by atoms with van der Waals surface area (Å²) in [4.78, 5) is 0. The largest absolute Gasteiger partial charge is 0.297 e. The molecule has 14 heavy (non-hydrogen) atoms. The number of rotatable bonds is 3. The van der Waals surface area contributed by atoms with Crippen molar-refractivity contribution in [2.45, 2.75) is 18.4 Å². The standard InChI is InChI=1S/C12H12ClN/c1-2-8-14-12(6-7-12)10-4-3-5-11(13)9-10/h1,3-5,9,14H,6-8H2. The maximum Gasteiger partial charge on any atom is 0.0580 e. The van der Waals surface area contributed by atoms with Crippen LogP contribution in [0.15, 0.2) is 24.3 Å². The first-order chi connectivity index (χ1) is 6.77. The number of hydrogen-bond acceptors (Lipinski definition) is 1. The lowest BCUT2D eigenvalue weighted by atomic mass is 10.1. The lowest BCUT2D eigenvalue weighted by molar-refractivity contribution is 0.560.